The molecule has 0 heterocycles. The molecule has 0 radical (unpaired) electrons. The molecule has 0 nitrogen and oxygen atoms in total. The first-order valence-corrected chi connectivity index (χ1v) is 5.92. The van der Waals surface area contributed by atoms with Crippen LogP contribution >= 0.6 is 39.3 Å². The summed E-state index contributed by atoms with van der Waals surface area (Å²) in [5.41, 5.74) is 0. The molecule has 0 amide bonds. The van der Waals surface area contributed by atoms with Gasteiger partial charge in [-0.1, -0.05) is 27.5 Å². The molecule has 0 aromatic heterocycles. The molecule has 1 aromatic rings. The van der Waals surface area contributed by atoms with Crippen molar-refractivity contribution >= 4 is 39.3 Å². The van der Waals surface area contributed by atoms with Gasteiger partial charge in [0.05, 0.1) is 5.02 Å². The Labute approximate surface area is 89.8 Å². The van der Waals surface area contributed by atoms with Gasteiger partial charge in [-0.15, -0.1) is 11.8 Å². The Kier molecular flexibility index (Phi) is 2.68. The first kappa shape index (κ1) is 8.92. The highest BCUT2D eigenvalue weighted by atomic mass is 79.9. The highest BCUT2D eigenvalue weighted by molar-refractivity contribution is 9.10. The van der Waals surface area contributed by atoms with Crippen LogP contribution in [-0.2, 0) is 0 Å². The summed E-state index contributed by atoms with van der Waals surface area (Å²) in [6, 6.07) is 6.07. The van der Waals surface area contributed by atoms with Gasteiger partial charge in [0.15, 0.2) is 0 Å². The number of halogens is 2. The van der Waals surface area contributed by atoms with Crippen molar-refractivity contribution in [3.05, 3.63) is 27.7 Å². The lowest BCUT2D eigenvalue weighted by Gasteiger charge is -2.02. The van der Waals surface area contributed by atoms with Gasteiger partial charge in [0.2, 0.25) is 0 Å². The van der Waals surface area contributed by atoms with E-state index in [0.29, 0.717) is 0 Å². The van der Waals surface area contributed by atoms with E-state index in [1.807, 2.05) is 23.9 Å². The Morgan fingerprint density at radius 3 is 2.75 bits per heavy atom. The zero-order valence-corrected chi connectivity index (χ0v) is 9.55. The first-order valence-electron chi connectivity index (χ1n) is 3.87. The minimum Gasteiger partial charge on any atom is -0.121 e. The fourth-order valence-electron chi connectivity index (χ4n) is 0.936. The van der Waals surface area contributed by atoms with E-state index in [1.54, 1.807) is 0 Å². The molecule has 1 fully saturated rings. The second-order valence-corrected chi connectivity index (χ2v) is 5.56. The normalized spacial score (nSPS) is 16.5. The Morgan fingerprint density at radius 1 is 1.42 bits per heavy atom. The van der Waals surface area contributed by atoms with Crippen molar-refractivity contribution in [2.75, 3.05) is 0 Å². The summed E-state index contributed by atoms with van der Waals surface area (Å²) in [5, 5.41) is 1.69. The molecule has 64 valence electrons. The van der Waals surface area contributed by atoms with E-state index in [1.165, 1.54) is 17.7 Å². The molecule has 0 saturated heterocycles. The van der Waals surface area contributed by atoms with E-state index in [9.17, 15) is 0 Å². The van der Waals surface area contributed by atoms with Crippen molar-refractivity contribution in [1.29, 1.82) is 0 Å². The Morgan fingerprint density at radius 2 is 2.17 bits per heavy atom. The standard InChI is InChI=1S/C9H8BrClS/c10-6-1-4-9(8(11)5-6)12-7-2-3-7/h1,4-5,7H,2-3H2. The molecule has 1 aromatic carbocycles. The number of benzene rings is 1. The van der Waals surface area contributed by atoms with E-state index in [4.69, 9.17) is 11.6 Å². The van der Waals surface area contributed by atoms with Crippen LogP contribution in [0.1, 0.15) is 12.8 Å². The average Bonchev–Trinajstić information content (AvgIpc) is 2.79. The minimum atomic E-state index is 0.823. The van der Waals surface area contributed by atoms with Crippen molar-refractivity contribution in [3.63, 3.8) is 0 Å². The Bertz CT molecular complexity index is 297. The second kappa shape index (κ2) is 3.60. The van der Waals surface area contributed by atoms with Gasteiger partial charge in [-0.3, -0.25) is 0 Å². The van der Waals surface area contributed by atoms with Gasteiger partial charge >= 0.3 is 0 Å². The predicted octanol–water partition coefficient (Wildman–Crippen LogP) is 4.36. The third-order valence-corrected chi connectivity index (χ3v) is 4.04. The van der Waals surface area contributed by atoms with Crippen molar-refractivity contribution < 1.29 is 0 Å². The lowest BCUT2D eigenvalue weighted by molar-refractivity contribution is 1.40. The number of rotatable bonds is 2. The van der Waals surface area contributed by atoms with Gasteiger partial charge in [-0.2, -0.15) is 0 Å². The molecule has 1 saturated carbocycles. The van der Waals surface area contributed by atoms with Crippen molar-refractivity contribution in [2.24, 2.45) is 0 Å². The summed E-state index contributed by atoms with van der Waals surface area (Å²) in [6.45, 7) is 0. The van der Waals surface area contributed by atoms with E-state index < -0.39 is 0 Å². The van der Waals surface area contributed by atoms with Crippen LogP contribution in [0.4, 0.5) is 0 Å². The van der Waals surface area contributed by atoms with Gasteiger partial charge in [0.25, 0.3) is 0 Å². The second-order valence-electron chi connectivity index (χ2n) is 2.89. The molecule has 0 spiro atoms. The lowest BCUT2D eigenvalue weighted by Crippen LogP contribution is -1.77. The fourth-order valence-corrected chi connectivity index (χ4v) is 2.79. The molecular formula is C9H8BrClS. The summed E-state index contributed by atoms with van der Waals surface area (Å²) >= 11 is 11.3. The van der Waals surface area contributed by atoms with Gasteiger partial charge in [0.1, 0.15) is 0 Å². The lowest BCUT2D eigenvalue weighted by atomic mass is 10.4. The average molecular weight is 264 g/mol. The number of hydrogen-bond acceptors (Lipinski definition) is 1. The first-order chi connectivity index (χ1) is 5.75. The van der Waals surface area contributed by atoms with Crippen molar-refractivity contribution in [1.82, 2.24) is 0 Å². The van der Waals surface area contributed by atoms with Gasteiger partial charge in [0, 0.05) is 14.6 Å². The van der Waals surface area contributed by atoms with Crippen LogP contribution in [0, 0.1) is 0 Å². The van der Waals surface area contributed by atoms with Crippen LogP contribution in [0.5, 0.6) is 0 Å². The maximum atomic E-state index is 6.05. The highest BCUT2D eigenvalue weighted by Gasteiger charge is 2.23. The summed E-state index contributed by atoms with van der Waals surface area (Å²) < 4.78 is 1.05. The molecule has 0 aliphatic heterocycles. The molecule has 0 bridgehead atoms. The zero-order valence-electron chi connectivity index (χ0n) is 6.39. The van der Waals surface area contributed by atoms with Crippen LogP contribution in [0.2, 0.25) is 5.02 Å². The highest BCUT2D eigenvalue weighted by Crippen LogP contribution is 2.42. The molecule has 12 heavy (non-hydrogen) atoms. The van der Waals surface area contributed by atoms with Crippen molar-refractivity contribution in [3.8, 4) is 0 Å². The van der Waals surface area contributed by atoms with Gasteiger partial charge in [-0.05, 0) is 31.0 Å². The van der Waals surface area contributed by atoms with Crippen LogP contribution in [0.15, 0.2) is 27.6 Å². The third kappa shape index (κ3) is 2.18. The topological polar surface area (TPSA) is 0 Å². The molecular weight excluding hydrogens is 256 g/mol. The smallest absolute Gasteiger partial charge is 0.0553 e. The van der Waals surface area contributed by atoms with Gasteiger partial charge in [-0.25, -0.2) is 0 Å². The molecule has 0 N–H and O–H groups in total. The van der Waals surface area contributed by atoms with E-state index in [0.717, 1.165) is 14.7 Å². The maximum Gasteiger partial charge on any atom is 0.0553 e. The van der Waals surface area contributed by atoms with Crippen molar-refractivity contribution in [2.45, 2.75) is 23.0 Å². The van der Waals surface area contributed by atoms with Crippen LogP contribution < -0.4 is 0 Å². The van der Waals surface area contributed by atoms with Crippen LogP contribution in [-0.4, -0.2) is 5.25 Å². The fraction of sp³-hybridized carbons (Fsp3) is 0.333. The Hall–Kier alpha value is 0.340. The largest absolute Gasteiger partial charge is 0.121 e. The zero-order chi connectivity index (χ0) is 8.55. The molecule has 2 rings (SSSR count). The van der Waals surface area contributed by atoms with Crippen LogP contribution in [0.25, 0.3) is 0 Å². The quantitative estimate of drug-likeness (QED) is 0.764. The Balaban J connectivity index is 2.18. The summed E-state index contributed by atoms with van der Waals surface area (Å²) in [5.74, 6) is 0. The third-order valence-electron chi connectivity index (χ3n) is 1.71. The predicted molar refractivity (Wildman–Crippen MR) is 58.0 cm³/mol. The monoisotopic (exact) mass is 262 g/mol. The van der Waals surface area contributed by atoms with E-state index in [-0.39, 0.29) is 0 Å². The van der Waals surface area contributed by atoms with E-state index in [2.05, 4.69) is 22.0 Å². The molecule has 3 heteroatoms. The SMILES string of the molecule is Clc1cc(Br)ccc1SC1CC1. The minimum absolute atomic E-state index is 0.823. The number of thioether (sulfide) groups is 1. The van der Waals surface area contributed by atoms with Crippen LogP contribution in [0.3, 0.4) is 0 Å². The van der Waals surface area contributed by atoms with E-state index >= 15 is 0 Å². The molecule has 0 unspecified atom stereocenters. The maximum absolute atomic E-state index is 6.05. The molecule has 1 aliphatic carbocycles. The molecule has 0 atom stereocenters. The summed E-state index contributed by atoms with van der Waals surface area (Å²) in [7, 11) is 0. The molecule has 1 aliphatic rings. The summed E-state index contributed by atoms with van der Waals surface area (Å²) in [6.07, 6.45) is 2.69. The van der Waals surface area contributed by atoms with Gasteiger partial charge < -0.3 is 0 Å². The summed E-state index contributed by atoms with van der Waals surface area (Å²) in [4.78, 5) is 1.21. The number of hydrogen-bond donors (Lipinski definition) is 0.